The molecule has 0 aliphatic rings. The van der Waals surface area contributed by atoms with Crippen molar-refractivity contribution in [1.29, 1.82) is 0 Å². The molecule has 0 unspecified atom stereocenters. The maximum atomic E-state index is 12.4. The fraction of sp³-hybridized carbons (Fsp3) is 0.333. The van der Waals surface area contributed by atoms with Crippen LogP contribution in [0.5, 0.6) is 0 Å². The van der Waals surface area contributed by atoms with Gasteiger partial charge in [-0.05, 0) is 25.1 Å². The predicted molar refractivity (Wildman–Crippen MR) is 64.8 cm³/mol. The third-order valence-electron chi connectivity index (χ3n) is 2.27. The number of hydrogen-bond donors (Lipinski definition) is 1. The van der Waals surface area contributed by atoms with Crippen LogP contribution in [0.1, 0.15) is 12.5 Å². The Bertz CT molecular complexity index is 472. The van der Waals surface area contributed by atoms with E-state index >= 15 is 0 Å². The van der Waals surface area contributed by atoms with Crippen molar-refractivity contribution >= 4 is 17.9 Å². The number of halogens is 3. The minimum Gasteiger partial charge on any atom is -0.478 e. The van der Waals surface area contributed by atoms with Crippen LogP contribution >= 0.6 is 0 Å². The minimum absolute atomic E-state index is 0.111. The second-order valence-electron chi connectivity index (χ2n) is 3.72. The van der Waals surface area contributed by atoms with Crippen molar-refractivity contribution in [2.45, 2.75) is 13.1 Å². The molecular weight excluding hydrogens is 261 g/mol. The molecule has 0 radical (unpaired) electrons. The van der Waals surface area contributed by atoms with Crippen LogP contribution in [0.3, 0.4) is 0 Å². The van der Waals surface area contributed by atoms with Crippen molar-refractivity contribution < 1.29 is 23.1 Å². The van der Waals surface area contributed by atoms with E-state index in [1.165, 1.54) is 24.4 Å². The van der Waals surface area contributed by atoms with Gasteiger partial charge in [-0.25, -0.2) is 9.78 Å². The summed E-state index contributed by atoms with van der Waals surface area (Å²) in [7, 11) is 0. The quantitative estimate of drug-likeness (QED) is 0.838. The average Bonchev–Trinajstić information content (AvgIpc) is 2.33. The molecule has 0 atom stereocenters. The summed E-state index contributed by atoms with van der Waals surface area (Å²) >= 11 is 0. The number of aliphatic carboxylic acids is 1. The number of aromatic nitrogens is 1. The number of anilines is 1. The van der Waals surface area contributed by atoms with Gasteiger partial charge < -0.3 is 10.0 Å². The lowest BCUT2D eigenvalue weighted by Crippen LogP contribution is -2.35. The summed E-state index contributed by atoms with van der Waals surface area (Å²) in [6, 6.07) is 3.05. The van der Waals surface area contributed by atoms with Crippen molar-refractivity contribution in [2.75, 3.05) is 18.0 Å². The van der Waals surface area contributed by atoms with Gasteiger partial charge in [0.25, 0.3) is 0 Å². The molecule has 0 aromatic carbocycles. The van der Waals surface area contributed by atoms with Crippen molar-refractivity contribution in [3.63, 3.8) is 0 Å². The summed E-state index contributed by atoms with van der Waals surface area (Å²) in [6.45, 7) is 0.559. The lowest BCUT2D eigenvalue weighted by atomic mass is 10.2. The van der Waals surface area contributed by atoms with Gasteiger partial charge in [-0.2, -0.15) is 13.2 Å². The number of alkyl halides is 3. The molecule has 1 aromatic rings. The normalized spacial score (nSPS) is 11.8. The molecule has 104 valence electrons. The number of hydrogen-bond acceptors (Lipinski definition) is 3. The number of pyridine rings is 1. The van der Waals surface area contributed by atoms with Crippen LogP contribution in [0.2, 0.25) is 0 Å². The molecular formula is C12H13F3N2O2. The first-order chi connectivity index (χ1) is 8.83. The number of carboxylic acids is 1. The lowest BCUT2D eigenvalue weighted by molar-refractivity contribution is -0.131. The fourth-order valence-corrected chi connectivity index (χ4v) is 1.52. The van der Waals surface area contributed by atoms with E-state index < -0.39 is 18.7 Å². The molecule has 0 amide bonds. The van der Waals surface area contributed by atoms with E-state index in [2.05, 4.69) is 4.98 Å². The van der Waals surface area contributed by atoms with E-state index in [0.717, 1.165) is 11.0 Å². The second kappa shape index (κ2) is 6.21. The van der Waals surface area contributed by atoms with Gasteiger partial charge in [0.1, 0.15) is 12.4 Å². The highest BCUT2D eigenvalue weighted by molar-refractivity contribution is 5.86. The van der Waals surface area contributed by atoms with Crippen LogP contribution in [0.15, 0.2) is 24.4 Å². The zero-order chi connectivity index (χ0) is 14.5. The molecule has 0 spiro atoms. The molecule has 0 fully saturated rings. The summed E-state index contributed by atoms with van der Waals surface area (Å²) in [5.41, 5.74) is 0.330. The molecule has 1 N–H and O–H groups in total. The molecule has 1 heterocycles. The average molecular weight is 274 g/mol. The maximum Gasteiger partial charge on any atom is 0.405 e. The van der Waals surface area contributed by atoms with Crippen molar-refractivity contribution in [1.82, 2.24) is 4.98 Å². The first-order valence-electron chi connectivity index (χ1n) is 5.51. The predicted octanol–water partition coefficient (Wildman–Crippen LogP) is 2.57. The summed E-state index contributed by atoms with van der Waals surface area (Å²) in [5.74, 6) is -1.06. The van der Waals surface area contributed by atoms with Gasteiger partial charge in [-0.15, -0.1) is 0 Å². The number of carboxylic acid groups (broad SMARTS) is 1. The van der Waals surface area contributed by atoms with Crippen molar-refractivity contribution in [3.8, 4) is 0 Å². The standard InChI is InChI=1S/C12H13F3N2O2/c1-2-17(8-12(13,14)15)11-9(4-3-7-16-11)5-6-10(18)19/h3-7H,2,8H2,1H3,(H,18,19)/b6-5+. The van der Waals surface area contributed by atoms with Gasteiger partial charge in [-0.1, -0.05) is 0 Å². The Hall–Kier alpha value is -2.05. The zero-order valence-electron chi connectivity index (χ0n) is 10.2. The van der Waals surface area contributed by atoms with Gasteiger partial charge >= 0.3 is 12.1 Å². The van der Waals surface area contributed by atoms with Crippen LogP contribution < -0.4 is 4.90 Å². The molecule has 1 aromatic heterocycles. The van der Waals surface area contributed by atoms with Gasteiger partial charge in [0, 0.05) is 24.4 Å². The van der Waals surface area contributed by atoms with Crippen LogP contribution in [0, 0.1) is 0 Å². The Morgan fingerprint density at radius 3 is 2.74 bits per heavy atom. The molecule has 0 saturated carbocycles. The maximum absolute atomic E-state index is 12.4. The largest absolute Gasteiger partial charge is 0.478 e. The molecule has 4 nitrogen and oxygen atoms in total. The van der Waals surface area contributed by atoms with E-state index in [-0.39, 0.29) is 12.4 Å². The van der Waals surface area contributed by atoms with Gasteiger partial charge in [0.05, 0.1) is 0 Å². The Labute approximate surface area is 108 Å². The van der Waals surface area contributed by atoms with Gasteiger partial charge in [0.15, 0.2) is 0 Å². The summed E-state index contributed by atoms with van der Waals surface area (Å²) in [6.07, 6.45) is -0.889. The Balaban J connectivity index is 3.06. The number of rotatable bonds is 5. The van der Waals surface area contributed by atoms with E-state index in [9.17, 15) is 18.0 Å². The summed E-state index contributed by atoms with van der Waals surface area (Å²) in [5, 5.41) is 8.55. The van der Waals surface area contributed by atoms with Crippen molar-refractivity contribution in [3.05, 3.63) is 30.0 Å². The highest BCUT2D eigenvalue weighted by Crippen LogP contribution is 2.23. The first-order valence-corrected chi connectivity index (χ1v) is 5.51. The van der Waals surface area contributed by atoms with Gasteiger partial charge in [-0.3, -0.25) is 0 Å². The van der Waals surface area contributed by atoms with Gasteiger partial charge in [0.2, 0.25) is 0 Å². The topological polar surface area (TPSA) is 53.4 Å². The molecule has 0 aliphatic heterocycles. The van der Waals surface area contributed by atoms with Crippen LogP contribution in [0.4, 0.5) is 19.0 Å². The van der Waals surface area contributed by atoms with Crippen molar-refractivity contribution in [2.24, 2.45) is 0 Å². The Morgan fingerprint density at radius 1 is 1.53 bits per heavy atom. The number of nitrogens with zero attached hydrogens (tertiary/aromatic N) is 2. The monoisotopic (exact) mass is 274 g/mol. The summed E-state index contributed by atoms with van der Waals surface area (Å²) < 4.78 is 37.3. The Kier molecular flexibility index (Phi) is 4.91. The first kappa shape index (κ1) is 15.0. The second-order valence-corrected chi connectivity index (χ2v) is 3.72. The molecule has 7 heteroatoms. The van der Waals surface area contributed by atoms with Crippen LogP contribution in [-0.4, -0.2) is 35.3 Å². The number of carbonyl (C=O) groups is 1. The third kappa shape index (κ3) is 4.99. The van der Waals surface area contributed by atoms with E-state index in [1.807, 2.05) is 0 Å². The Morgan fingerprint density at radius 2 is 2.21 bits per heavy atom. The molecule has 0 aliphatic carbocycles. The smallest absolute Gasteiger partial charge is 0.405 e. The molecule has 0 saturated heterocycles. The molecule has 1 rings (SSSR count). The zero-order valence-corrected chi connectivity index (χ0v) is 10.2. The third-order valence-corrected chi connectivity index (χ3v) is 2.27. The van der Waals surface area contributed by atoms with Crippen LogP contribution in [0.25, 0.3) is 6.08 Å². The fourth-order valence-electron chi connectivity index (χ4n) is 1.52. The highest BCUT2D eigenvalue weighted by atomic mass is 19.4. The molecule has 0 bridgehead atoms. The minimum atomic E-state index is -4.35. The SMILES string of the molecule is CCN(CC(F)(F)F)c1ncccc1/C=C/C(=O)O. The summed E-state index contributed by atoms with van der Waals surface area (Å²) in [4.78, 5) is 15.4. The van der Waals surface area contributed by atoms with Crippen LogP contribution in [-0.2, 0) is 4.79 Å². The van der Waals surface area contributed by atoms with E-state index in [1.54, 1.807) is 6.92 Å². The molecule has 19 heavy (non-hydrogen) atoms. The lowest BCUT2D eigenvalue weighted by Gasteiger charge is -2.24. The highest BCUT2D eigenvalue weighted by Gasteiger charge is 2.31. The van der Waals surface area contributed by atoms with E-state index in [4.69, 9.17) is 5.11 Å². The van der Waals surface area contributed by atoms with E-state index in [0.29, 0.717) is 5.56 Å².